The van der Waals surface area contributed by atoms with E-state index in [1.54, 1.807) is 17.9 Å². The molecule has 1 atom stereocenters. The fourth-order valence-electron chi connectivity index (χ4n) is 2.80. The quantitative estimate of drug-likeness (QED) is 0.914. The normalized spacial score (nSPS) is 18.6. The predicted molar refractivity (Wildman–Crippen MR) is 77.1 cm³/mol. The number of aliphatic carboxylic acids is 1. The van der Waals surface area contributed by atoms with E-state index in [-0.39, 0.29) is 18.4 Å². The molecule has 0 spiro atoms. The third-order valence-corrected chi connectivity index (χ3v) is 3.86. The first-order chi connectivity index (χ1) is 10.0. The second-order valence-electron chi connectivity index (χ2n) is 5.45. The summed E-state index contributed by atoms with van der Waals surface area (Å²) in [6.07, 6.45) is 3.27. The molecule has 6 nitrogen and oxygen atoms in total. The molecule has 1 aromatic heterocycles. The van der Waals surface area contributed by atoms with E-state index < -0.39 is 5.97 Å². The summed E-state index contributed by atoms with van der Waals surface area (Å²) >= 11 is 0. The molecule has 0 aliphatic carbocycles. The van der Waals surface area contributed by atoms with Crippen LogP contribution in [0, 0.1) is 6.92 Å². The Morgan fingerprint density at radius 1 is 1.38 bits per heavy atom. The van der Waals surface area contributed by atoms with Crippen LogP contribution in [0.3, 0.4) is 0 Å². The van der Waals surface area contributed by atoms with Gasteiger partial charge in [-0.05, 0) is 38.7 Å². The van der Waals surface area contributed by atoms with Crippen LogP contribution >= 0.6 is 0 Å². The molecule has 1 aromatic rings. The van der Waals surface area contributed by atoms with E-state index in [9.17, 15) is 9.59 Å². The minimum atomic E-state index is -0.862. The number of carbonyl (C=O) groups is 2. The van der Waals surface area contributed by atoms with Crippen molar-refractivity contribution in [2.45, 2.75) is 52.0 Å². The summed E-state index contributed by atoms with van der Waals surface area (Å²) in [5.74, 6) is -0.977. The zero-order valence-electron chi connectivity index (χ0n) is 12.5. The van der Waals surface area contributed by atoms with Gasteiger partial charge in [0.1, 0.15) is 0 Å². The van der Waals surface area contributed by atoms with Crippen molar-refractivity contribution < 1.29 is 14.7 Å². The number of carboxylic acid groups (broad SMARTS) is 1. The summed E-state index contributed by atoms with van der Waals surface area (Å²) < 4.78 is 0. The van der Waals surface area contributed by atoms with E-state index in [4.69, 9.17) is 5.11 Å². The minimum absolute atomic E-state index is 0.00466. The van der Waals surface area contributed by atoms with Crippen LogP contribution in [0.4, 0.5) is 0 Å². The molecule has 2 heterocycles. The molecule has 0 aromatic carbocycles. The maximum Gasteiger partial charge on any atom is 0.305 e. The van der Waals surface area contributed by atoms with Crippen LogP contribution < -0.4 is 0 Å². The molecule has 114 valence electrons. The van der Waals surface area contributed by atoms with Crippen LogP contribution in [0.15, 0.2) is 6.07 Å². The molecule has 6 heteroatoms. The average molecular weight is 291 g/mol. The average Bonchev–Trinajstić information content (AvgIpc) is 2.46. The van der Waals surface area contributed by atoms with E-state index in [1.807, 2.05) is 6.92 Å². The van der Waals surface area contributed by atoms with Crippen LogP contribution in [0.2, 0.25) is 0 Å². The van der Waals surface area contributed by atoms with Crippen molar-refractivity contribution in [3.05, 3.63) is 23.0 Å². The Morgan fingerprint density at radius 3 is 2.81 bits per heavy atom. The number of carboxylic acids is 1. The summed E-state index contributed by atoms with van der Waals surface area (Å²) in [6, 6.07) is 1.53. The minimum Gasteiger partial charge on any atom is -0.481 e. The highest BCUT2D eigenvalue weighted by molar-refractivity contribution is 5.95. The van der Waals surface area contributed by atoms with Gasteiger partial charge in [-0.15, -0.1) is 0 Å². The van der Waals surface area contributed by atoms with E-state index in [0.717, 1.165) is 19.3 Å². The van der Waals surface area contributed by atoms with Gasteiger partial charge >= 0.3 is 5.97 Å². The second-order valence-corrected chi connectivity index (χ2v) is 5.45. The summed E-state index contributed by atoms with van der Waals surface area (Å²) in [6.45, 7) is 4.34. The van der Waals surface area contributed by atoms with Gasteiger partial charge in [0.15, 0.2) is 0 Å². The highest BCUT2D eigenvalue weighted by atomic mass is 16.4. The van der Waals surface area contributed by atoms with Crippen molar-refractivity contribution in [1.82, 2.24) is 15.1 Å². The second kappa shape index (κ2) is 6.65. The SMILES string of the molecule is CCc1nnc(C)cc1C(=O)N1CCCCC1CC(=O)O. The van der Waals surface area contributed by atoms with Crippen molar-refractivity contribution >= 4 is 11.9 Å². The lowest BCUT2D eigenvalue weighted by molar-refractivity contribution is -0.138. The van der Waals surface area contributed by atoms with Gasteiger partial charge < -0.3 is 10.0 Å². The maximum absolute atomic E-state index is 12.8. The number of aryl methyl sites for hydroxylation is 2. The smallest absolute Gasteiger partial charge is 0.305 e. The molecule has 0 saturated carbocycles. The lowest BCUT2D eigenvalue weighted by Crippen LogP contribution is -2.45. The monoisotopic (exact) mass is 291 g/mol. The zero-order chi connectivity index (χ0) is 15.4. The first-order valence-corrected chi connectivity index (χ1v) is 7.39. The first-order valence-electron chi connectivity index (χ1n) is 7.39. The topological polar surface area (TPSA) is 83.4 Å². The van der Waals surface area contributed by atoms with Crippen molar-refractivity contribution in [2.75, 3.05) is 6.54 Å². The van der Waals surface area contributed by atoms with Crippen molar-refractivity contribution in [2.24, 2.45) is 0 Å². The number of carbonyl (C=O) groups excluding carboxylic acids is 1. The molecule has 2 rings (SSSR count). The molecule has 1 unspecified atom stereocenters. The van der Waals surface area contributed by atoms with Gasteiger partial charge in [0.2, 0.25) is 0 Å². The molecule has 1 amide bonds. The summed E-state index contributed by atoms with van der Waals surface area (Å²) in [5.41, 5.74) is 1.93. The number of likely N-dealkylation sites (tertiary alicyclic amines) is 1. The van der Waals surface area contributed by atoms with E-state index in [2.05, 4.69) is 10.2 Å². The van der Waals surface area contributed by atoms with Crippen LogP contribution in [-0.4, -0.2) is 44.7 Å². The van der Waals surface area contributed by atoms with Gasteiger partial charge in [-0.1, -0.05) is 6.92 Å². The van der Waals surface area contributed by atoms with Crippen molar-refractivity contribution in [1.29, 1.82) is 0 Å². The molecule has 1 N–H and O–H groups in total. The molecule has 0 bridgehead atoms. The number of rotatable bonds is 4. The third kappa shape index (κ3) is 3.56. The van der Waals surface area contributed by atoms with Gasteiger partial charge in [0, 0.05) is 12.6 Å². The number of aromatic nitrogens is 2. The highest BCUT2D eigenvalue weighted by Crippen LogP contribution is 2.23. The number of piperidine rings is 1. The molecule has 0 radical (unpaired) electrons. The van der Waals surface area contributed by atoms with E-state index in [0.29, 0.717) is 29.9 Å². The number of hydrogen-bond donors (Lipinski definition) is 1. The van der Waals surface area contributed by atoms with Crippen molar-refractivity contribution in [3.63, 3.8) is 0 Å². The van der Waals surface area contributed by atoms with Crippen molar-refractivity contribution in [3.8, 4) is 0 Å². The maximum atomic E-state index is 12.8. The van der Waals surface area contributed by atoms with Crippen LogP contribution in [-0.2, 0) is 11.2 Å². The summed E-state index contributed by atoms with van der Waals surface area (Å²) in [7, 11) is 0. The molecule has 1 fully saturated rings. The largest absolute Gasteiger partial charge is 0.481 e. The van der Waals surface area contributed by atoms with Gasteiger partial charge in [-0.3, -0.25) is 9.59 Å². The molecule has 1 aliphatic rings. The lowest BCUT2D eigenvalue weighted by Gasteiger charge is -2.35. The molecular formula is C15H21N3O3. The van der Waals surface area contributed by atoms with Crippen LogP contribution in [0.25, 0.3) is 0 Å². The lowest BCUT2D eigenvalue weighted by atomic mass is 9.97. The Morgan fingerprint density at radius 2 is 2.14 bits per heavy atom. The molecule has 21 heavy (non-hydrogen) atoms. The Labute approximate surface area is 124 Å². The fourth-order valence-corrected chi connectivity index (χ4v) is 2.80. The van der Waals surface area contributed by atoms with Crippen LogP contribution in [0.5, 0.6) is 0 Å². The van der Waals surface area contributed by atoms with E-state index >= 15 is 0 Å². The van der Waals surface area contributed by atoms with Gasteiger partial charge in [-0.2, -0.15) is 10.2 Å². The Balaban J connectivity index is 2.28. The Hall–Kier alpha value is -1.98. The predicted octanol–water partition coefficient (Wildman–Crippen LogP) is 1.82. The fraction of sp³-hybridized carbons (Fsp3) is 0.600. The number of amides is 1. The highest BCUT2D eigenvalue weighted by Gasteiger charge is 2.30. The van der Waals surface area contributed by atoms with Gasteiger partial charge in [-0.25, -0.2) is 0 Å². The van der Waals surface area contributed by atoms with Gasteiger partial charge in [0.25, 0.3) is 5.91 Å². The number of hydrogen-bond acceptors (Lipinski definition) is 4. The standard InChI is InChI=1S/C15H21N3O3/c1-3-13-12(8-10(2)16-17-13)15(21)18-7-5-4-6-11(18)9-14(19)20/h8,11H,3-7,9H2,1-2H3,(H,19,20). The summed E-state index contributed by atoms with van der Waals surface area (Å²) in [4.78, 5) is 25.5. The Bertz CT molecular complexity index is 545. The Kier molecular flexibility index (Phi) is 4.88. The molecular weight excluding hydrogens is 270 g/mol. The number of nitrogens with zero attached hydrogens (tertiary/aromatic N) is 3. The molecule has 1 saturated heterocycles. The summed E-state index contributed by atoms with van der Waals surface area (Å²) in [5, 5.41) is 17.1. The third-order valence-electron chi connectivity index (χ3n) is 3.86. The zero-order valence-corrected chi connectivity index (χ0v) is 12.5. The van der Waals surface area contributed by atoms with Crippen LogP contribution in [0.1, 0.15) is 54.4 Å². The van der Waals surface area contributed by atoms with Gasteiger partial charge in [0.05, 0.1) is 23.4 Å². The first kappa shape index (κ1) is 15.4. The molecule has 1 aliphatic heterocycles. The van der Waals surface area contributed by atoms with E-state index in [1.165, 1.54) is 0 Å².